The summed E-state index contributed by atoms with van der Waals surface area (Å²) in [5.41, 5.74) is 4.02. The summed E-state index contributed by atoms with van der Waals surface area (Å²) in [6.45, 7) is 2.86. The first-order valence-corrected chi connectivity index (χ1v) is 8.58. The summed E-state index contributed by atoms with van der Waals surface area (Å²) in [4.78, 5) is 11.9. The quantitative estimate of drug-likeness (QED) is 0.314. The third-order valence-electron chi connectivity index (χ3n) is 3.11. The summed E-state index contributed by atoms with van der Waals surface area (Å²) >= 11 is 2.17. The minimum atomic E-state index is -0.223. The Hall–Kier alpha value is -1.89. The molecule has 0 fully saturated rings. The third-order valence-corrected chi connectivity index (χ3v) is 3.78. The van der Waals surface area contributed by atoms with Crippen LogP contribution in [0.1, 0.15) is 35.7 Å². The largest absolute Gasteiger partial charge is 0.494 e. The molecule has 0 atom stereocenters. The SMILES string of the molecule is CCCCOc1ccc(C=NNC(=O)c2cccc(I)c2)cc1. The fourth-order valence-electron chi connectivity index (χ4n) is 1.84. The average Bonchev–Trinajstić information content (AvgIpc) is 2.56. The minimum Gasteiger partial charge on any atom is -0.494 e. The van der Waals surface area contributed by atoms with Crippen molar-refractivity contribution in [3.8, 4) is 5.75 Å². The van der Waals surface area contributed by atoms with Gasteiger partial charge in [-0.3, -0.25) is 4.79 Å². The number of carbonyl (C=O) groups is 1. The lowest BCUT2D eigenvalue weighted by Crippen LogP contribution is -2.17. The van der Waals surface area contributed by atoms with Crippen LogP contribution in [0.2, 0.25) is 0 Å². The molecule has 0 bridgehead atoms. The predicted molar refractivity (Wildman–Crippen MR) is 101 cm³/mol. The lowest BCUT2D eigenvalue weighted by molar-refractivity contribution is 0.0955. The van der Waals surface area contributed by atoms with Gasteiger partial charge in [0.2, 0.25) is 0 Å². The highest BCUT2D eigenvalue weighted by atomic mass is 127. The van der Waals surface area contributed by atoms with E-state index in [1.807, 2.05) is 42.5 Å². The molecule has 120 valence electrons. The molecule has 0 spiro atoms. The molecule has 0 aliphatic carbocycles. The van der Waals surface area contributed by atoms with Gasteiger partial charge < -0.3 is 4.74 Å². The number of ether oxygens (including phenoxy) is 1. The molecular weight excluding hydrogens is 403 g/mol. The molecule has 0 heterocycles. The molecule has 23 heavy (non-hydrogen) atoms. The Labute approximate surface area is 150 Å². The molecule has 0 aromatic heterocycles. The van der Waals surface area contributed by atoms with E-state index in [1.54, 1.807) is 12.3 Å². The van der Waals surface area contributed by atoms with Crippen molar-refractivity contribution in [2.24, 2.45) is 5.10 Å². The van der Waals surface area contributed by atoms with E-state index in [0.717, 1.165) is 34.3 Å². The first kappa shape index (κ1) is 17.5. The molecule has 0 unspecified atom stereocenters. The number of hydrazone groups is 1. The predicted octanol–water partition coefficient (Wildman–Crippen LogP) is 4.23. The van der Waals surface area contributed by atoms with Gasteiger partial charge in [-0.15, -0.1) is 0 Å². The Morgan fingerprint density at radius 1 is 1.26 bits per heavy atom. The maximum Gasteiger partial charge on any atom is 0.271 e. The lowest BCUT2D eigenvalue weighted by Gasteiger charge is -2.05. The molecule has 0 saturated heterocycles. The number of amides is 1. The molecule has 0 aliphatic heterocycles. The van der Waals surface area contributed by atoms with Crippen LogP contribution in [0.4, 0.5) is 0 Å². The van der Waals surface area contributed by atoms with Gasteiger partial charge in [-0.05, 0) is 77.0 Å². The van der Waals surface area contributed by atoms with Crippen molar-refractivity contribution in [3.05, 3.63) is 63.2 Å². The maximum atomic E-state index is 11.9. The third kappa shape index (κ3) is 6.02. The van der Waals surface area contributed by atoms with Gasteiger partial charge in [0.1, 0.15) is 5.75 Å². The number of halogens is 1. The van der Waals surface area contributed by atoms with E-state index in [4.69, 9.17) is 4.74 Å². The zero-order chi connectivity index (χ0) is 16.5. The van der Waals surface area contributed by atoms with Crippen molar-refractivity contribution < 1.29 is 9.53 Å². The molecule has 0 aliphatic rings. The van der Waals surface area contributed by atoms with Crippen molar-refractivity contribution in [2.45, 2.75) is 19.8 Å². The summed E-state index contributed by atoms with van der Waals surface area (Å²) in [5, 5.41) is 3.98. The van der Waals surface area contributed by atoms with E-state index in [9.17, 15) is 4.79 Å². The van der Waals surface area contributed by atoms with Gasteiger partial charge in [-0.1, -0.05) is 19.4 Å². The van der Waals surface area contributed by atoms with Crippen LogP contribution in [-0.2, 0) is 0 Å². The van der Waals surface area contributed by atoms with E-state index in [0.29, 0.717) is 5.56 Å². The van der Waals surface area contributed by atoms with Crippen molar-refractivity contribution >= 4 is 34.7 Å². The number of hydrogen-bond donors (Lipinski definition) is 1. The van der Waals surface area contributed by atoms with Gasteiger partial charge in [-0.25, -0.2) is 5.43 Å². The molecule has 2 aromatic carbocycles. The molecular formula is C18H19IN2O2. The van der Waals surface area contributed by atoms with Gasteiger partial charge in [0.05, 0.1) is 12.8 Å². The number of nitrogens with zero attached hydrogens (tertiary/aromatic N) is 1. The standard InChI is InChI=1S/C18H19IN2O2/c1-2-3-11-23-17-9-7-14(8-10-17)13-20-21-18(22)15-5-4-6-16(19)12-15/h4-10,12-13H,2-3,11H2,1H3,(H,21,22). The fourth-order valence-corrected chi connectivity index (χ4v) is 2.39. The second kappa shape index (κ2) is 9.29. The molecule has 1 amide bonds. The van der Waals surface area contributed by atoms with Crippen LogP contribution in [0.5, 0.6) is 5.75 Å². The van der Waals surface area contributed by atoms with Crippen LogP contribution in [0, 0.1) is 3.57 Å². The first-order chi connectivity index (χ1) is 11.2. The zero-order valence-electron chi connectivity index (χ0n) is 13.0. The summed E-state index contributed by atoms with van der Waals surface area (Å²) in [6.07, 6.45) is 3.78. The summed E-state index contributed by atoms with van der Waals surface area (Å²) in [7, 11) is 0. The smallest absolute Gasteiger partial charge is 0.271 e. The Morgan fingerprint density at radius 2 is 2.04 bits per heavy atom. The normalized spacial score (nSPS) is 10.7. The molecule has 2 aromatic rings. The van der Waals surface area contributed by atoms with Gasteiger partial charge in [0.15, 0.2) is 0 Å². The van der Waals surface area contributed by atoms with Crippen molar-refractivity contribution in [3.63, 3.8) is 0 Å². The van der Waals surface area contributed by atoms with Crippen LogP contribution >= 0.6 is 22.6 Å². The number of nitrogens with one attached hydrogen (secondary N) is 1. The molecule has 0 radical (unpaired) electrons. The zero-order valence-corrected chi connectivity index (χ0v) is 15.1. The molecule has 0 saturated carbocycles. The fraction of sp³-hybridized carbons (Fsp3) is 0.222. The molecule has 5 heteroatoms. The maximum absolute atomic E-state index is 11.9. The number of carbonyl (C=O) groups excluding carboxylic acids is 1. The van der Waals surface area contributed by atoms with Gasteiger partial charge >= 0.3 is 0 Å². The van der Waals surface area contributed by atoms with Crippen molar-refractivity contribution in [2.75, 3.05) is 6.61 Å². The summed E-state index contributed by atoms with van der Waals surface area (Å²) in [6, 6.07) is 15.0. The van der Waals surface area contributed by atoms with E-state index in [2.05, 4.69) is 40.0 Å². The number of rotatable bonds is 7. The van der Waals surface area contributed by atoms with E-state index in [-0.39, 0.29) is 5.91 Å². The first-order valence-electron chi connectivity index (χ1n) is 7.51. The van der Waals surface area contributed by atoms with Crippen LogP contribution in [0.15, 0.2) is 53.6 Å². The Bertz CT molecular complexity index is 669. The van der Waals surface area contributed by atoms with Crippen LogP contribution in [0.25, 0.3) is 0 Å². The van der Waals surface area contributed by atoms with Crippen molar-refractivity contribution in [1.82, 2.24) is 5.43 Å². The highest BCUT2D eigenvalue weighted by Crippen LogP contribution is 2.11. The second-order valence-corrected chi connectivity index (χ2v) is 6.23. The topological polar surface area (TPSA) is 50.7 Å². The number of benzene rings is 2. The van der Waals surface area contributed by atoms with E-state index < -0.39 is 0 Å². The summed E-state index contributed by atoms with van der Waals surface area (Å²) < 4.78 is 6.61. The second-order valence-electron chi connectivity index (χ2n) is 4.98. The molecule has 2 rings (SSSR count). The van der Waals surface area contributed by atoms with Gasteiger partial charge in [0, 0.05) is 9.13 Å². The minimum absolute atomic E-state index is 0.223. The highest BCUT2D eigenvalue weighted by molar-refractivity contribution is 14.1. The Kier molecular flexibility index (Phi) is 7.06. The highest BCUT2D eigenvalue weighted by Gasteiger charge is 2.03. The summed E-state index contributed by atoms with van der Waals surface area (Å²) in [5.74, 6) is 0.623. The van der Waals surface area contributed by atoms with Crippen LogP contribution < -0.4 is 10.2 Å². The monoisotopic (exact) mass is 422 g/mol. The average molecular weight is 422 g/mol. The lowest BCUT2D eigenvalue weighted by atomic mass is 10.2. The van der Waals surface area contributed by atoms with Gasteiger partial charge in [0.25, 0.3) is 5.91 Å². The van der Waals surface area contributed by atoms with E-state index in [1.165, 1.54) is 0 Å². The van der Waals surface area contributed by atoms with Gasteiger partial charge in [-0.2, -0.15) is 5.10 Å². The number of unbranched alkanes of at least 4 members (excludes halogenated alkanes) is 1. The Morgan fingerprint density at radius 3 is 2.74 bits per heavy atom. The van der Waals surface area contributed by atoms with Crippen LogP contribution in [0.3, 0.4) is 0 Å². The van der Waals surface area contributed by atoms with Crippen LogP contribution in [-0.4, -0.2) is 18.7 Å². The van der Waals surface area contributed by atoms with E-state index >= 15 is 0 Å². The Balaban J connectivity index is 1.86. The number of hydrogen-bond acceptors (Lipinski definition) is 3. The molecule has 1 N–H and O–H groups in total. The molecule has 4 nitrogen and oxygen atoms in total. The van der Waals surface area contributed by atoms with Crippen molar-refractivity contribution in [1.29, 1.82) is 0 Å².